The highest BCUT2D eigenvalue weighted by Gasteiger charge is 2.39. The number of phenolic OH excluding ortho intramolecular Hbond substituents is 1. The fourth-order valence-corrected chi connectivity index (χ4v) is 2.79. The molecule has 3 N–H and O–H groups in total. The molecule has 0 aliphatic heterocycles. The lowest BCUT2D eigenvalue weighted by Gasteiger charge is -2.39. The molecule has 0 radical (unpaired) electrons. The predicted molar refractivity (Wildman–Crippen MR) is 62.0 cm³/mol. The Morgan fingerprint density at radius 2 is 2.19 bits per heavy atom. The Morgan fingerprint density at radius 1 is 1.56 bits per heavy atom. The van der Waals surface area contributed by atoms with E-state index < -0.39 is 11.4 Å². The molecule has 5 heteroatoms. The van der Waals surface area contributed by atoms with Gasteiger partial charge in [0.15, 0.2) is 11.5 Å². The van der Waals surface area contributed by atoms with E-state index in [-0.39, 0.29) is 11.5 Å². The van der Waals surface area contributed by atoms with Crippen LogP contribution < -0.4 is 10.5 Å². The minimum absolute atomic E-state index is 0.101. The normalized spacial score (nSPS) is 18.0. The molecule has 1 aliphatic carbocycles. The highest BCUT2D eigenvalue weighted by molar-refractivity contribution is 9.10. The molecule has 2 rings (SSSR count). The first-order valence-corrected chi connectivity index (χ1v) is 5.83. The number of ether oxygens (including phenoxy) is 1. The first-order chi connectivity index (χ1) is 7.49. The van der Waals surface area contributed by atoms with Crippen molar-refractivity contribution in [1.82, 2.24) is 0 Å². The van der Waals surface area contributed by atoms with Crippen LogP contribution >= 0.6 is 15.9 Å². The molecule has 1 aliphatic rings. The van der Waals surface area contributed by atoms with Crippen molar-refractivity contribution in [1.29, 1.82) is 0 Å². The van der Waals surface area contributed by atoms with Gasteiger partial charge in [0.25, 0.3) is 0 Å². The number of methoxy groups -OCH3 is 1. The van der Waals surface area contributed by atoms with Gasteiger partial charge in [-0.1, -0.05) is 0 Å². The van der Waals surface area contributed by atoms with E-state index in [9.17, 15) is 9.50 Å². The van der Waals surface area contributed by atoms with E-state index in [1.165, 1.54) is 13.2 Å². The number of aromatic hydroxyl groups is 1. The fraction of sp³-hybridized carbons (Fsp3) is 0.455. The molecule has 0 aromatic heterocycles. The summed E-state index contributed by atoms with van der Waals surface area (Å²) in [5, 5.41) is 9.79. The Bertz CT molecular complexity index is 432. The summed E-state index contributed by atoms with van der Waals surface area (Å²) >= 11 is 3.18. The highest BCUT2D eigenvalue weighted by Crippen LogP contribution is 2.48. The molecular formula is C11H13BrFNO2. The Kier molecular flexibility index (Phi) is 2.84. The van der Waals surface area contributed by atoms with E-state index >= 15 is 0 Å². The van der Waals surface area contributed by atoms with Crippen molar-refractivity contribution >= 4 is 15.9 Å². The molecule has 88 valence electrons. The quantitative estimate of drug-likeness (QED) is 0.880. The van der Waals surface area contributed by atoms with Crippen LogP contribution in [0.25, 0.3) is 0 Å². The van der Waals surface area contributed by atoms with Crippen LogP contribution in [0.1, 0.15) is 24.8 Å². The minimum Gasteiger partial charge on any atom is -0.503 e. The van der Waals surface area contributed by atoms with Gasteiger partial charge in [0, 0.05) is 17.2 Å². The average Bonchev–Trinajstić information content (AvgIpc) is 2.21. The molecular weight excluding hydrogens is 277 g/mol. The third kappa shape index (κ3) is 1.58. The van der Waals surface area contributed by atoms with Crippen molar-refractivity contribution in [2.45, 2.75) is 24.8 Å². The number of benzene rings is 1. The topological polar surface area (TPSA) is 55.5 Å². The van der Waals surface area contributed by atoms with E-state index in [2.05, 4.69) is 15.9 Å². The molecule has 16 heavy (non-hydrogen) atoms. The number of hydrogen-bond acceptors (Lipinski definition) is 3. The first-order valence-electron chi connectivity index (χ1n) is 5.04. The van der Waals surface area contributed by atoms with Crippen molar-refractivity contribution in [2.75, 3.05) is 7.11 Å². The van der Waals surface area contributed by atoms with Crippen molar-refractivity contribution in [2.24, 2.45) is 5.73 Å². The SMILES string of the molecule is COc1cc(F)c(C2(N)CCC2)c(Br)c1O. The maximum Gasteiger partial charge on any atom is 0.172 e. The summed E-state index contributed by atoms with van der Waals surface area (Å²) in [5.41, 5.74) is 5.75. The minimum atomic E-state index is -0.660. The van der Waals surface area contributed by atoms with Crippen LogP contribution in [0.2, 0.25) is 0 Å². The van der Waals surface area contributed by atoms with Crippen LogP contribution in [-0.4, -0.2) is 12.2 Å². The smallest absolute Gasteiger partial charge is 0.172 e. The van der Waals surface area contributed by atoms with Gasteiger partial charge in [0.1, 0.15) is 5.82 Å². The summed E-state index contributed by atoms with van der Waals surface area (Å²) in [4.78, 5) is 0. The molecule has 0 bridgehead atoms. The first kappa shape index (κ1) is 11.7. The predicted octanol–water partition coefficient (Wildman–Crippen LogP) is 2.64. The van der Waals surface area contributed by atoms with Crippen LogP contribution in [0, 0.1) is 5.82 Å². The van der Waals surface area contributed by atoms with Crippen molar-refractivity contribution in [3.05, 3.63) is 21.9 Å². The maximum absolute atomic E-state index is 13.9. The van der Waals surface area contributed by atoms with Gasteiger partial charge in [-0.2, -0.15) is 0 Å². The summed E-state index contributed by atoms with van der Waals surface area (Å²) in [6.45, 7) is 0. The Hall–Kier alpha value is -0.810. The Balaban J connectivity index is 2.58. The summed E-state index contributed by atoms with van der Waals surface area (Å²) in [5.74, 6) is -0.435. The highest BCUT2D eigenvalue weighted by atomic mass is 79.9. The van der Waals surface area contributed by atoms with E-state index in [1.54, 1.807) is 0 Å². The number of nitrogens with two attached hydrogens (primary N) is 1. The van der Waals surface area contributed by atoms with Crippen LogP contribution in [0.15, 0.2) is 10.5 Å². The van der Waals surface area contributed by atoms with Gasteiger partial charge < -0.3 is 15.6 Å². The lowest BCUT2D eigenvalue weighted by atomic mass is 9.72. The molecule has 1 aromatic carbocycles. The maximum atomic E-state index is 13.9. The molecule has 1 fully saturated rings. The fourth-order valence-electron chi connectivity index (χ4n) is 2.01. The Morgan fingerprint density at radius 3 is 2.62 bits per heavy atom. The molecule has 0 atom stereocenters. The van der Waals surface area contributed by atoms with Crippen LogP contribution in [-0.2, 0) is 5.54 Å². The van der Waals surface area contributed by atoms with E-state index in [4.69, 9.17) is 10.5 Å². The molecule has 0 spiro atoms. The number of rotatable bonds is 2. The zero-order valence-corrected chi connectivity index (χ0v) is 10.5. The van der Waals surface area contributed by atoms with Gasteiger partial charge in [0.05, 0.1) is 11.6 Å². The molecule has 0 amide bonds. The monoisotopic (exact) mass is 289 g/mol. The van der Waals surface area contributed by atoms with Crippen LogP contribution in [0.4, 0.5) is 4.39 Å². The van der Waals surface area contributed by atoms with Crippen molar-refractivity contribution in [3.63, 3.8) is 0 Å². The van der Waals surface area contributed by atoms with Crippen LogP contribution in [0.3, 0.4) is 0 Å². The summed E-state index contributed by atoms with van der Waals surface area (Å²) in [6, 6.07) is 1.17. The standard InChI is InChI=1S/C11H13BrFNO2/c1-16-7-5-6(13)8(9(12)10(7)15)11(14)3-2-4-11/h5,15H,2-4,14H2,1H3. The lowest BCUT2D eigenvalue weighted by molar-refractivity contribution is 0.241. The largest absolute Gasteiger partial charge is 0.503 e. The average molecular weight is 290 g/mol. The van der Waals surface area contributed by atoms with Gasteiger partial charge in [-0.3, -0.25) is 0 Å². The van der Waals surface area contributed by atoms with E-state index in [1.807, 2.05) is 0 Å². The number of hydrogen-bond donors (Lipinski definition) is 2. The summed E-state index contributed by atoms with van der Waals surface area (Å²) in [6.07, 6.45) is 2.44. The zero-order chi connectivity index (χ0) is 11.9. The molecule has 0 heterocycles. The molecule has 1 aromatic rings. The van der Waals surface area contributed by atoms with Gasteiger partial charge in [-0.25, -0.2) is 4.39 Å². The van der Waals surface area contributed by atoms with Gasteiger partial charge in [-0.15, -0.1) is 0 Å². The van der Waals surface area contributed by atoms with E-state index in [0.29, 0.717) is 10.0 Å². The van der Waals surface area contributed by atoms with Gasteiger partial charge in [-0.05, 0) is 35.2 Å². The Labute approximate surface area is 102 Å². The molecule has 1 saturated carbocycles. The van der Waals surface area contributed by atoms with E-state index in [0.717, 1.165) is 19.3 Å². The number of phenols is 1. The second-order valence-corrected chi connectivity index (χ2v) is 4.90. The molecule has 0 unspecified atom stereocenters. The van der Waals surface area contributed by atoms with Crippen molar-refractivity contribution in [3.8, 4) is 11.5 Å². The summed E-state index contributed by atoms with van der Waals surface area (Å²) in [7, 11) is 1.38. The zero-order valence-electron chi connectivity index (χ0n) is 8.89. The molecule has 0 saturated heterocycles. The summed E-state index contributed by atoms with van der Waals surface area (Å²) < 4.78 is 19.1. The second kappa shape index (κ2) is 3.89. The van der Waals surface area contributed by atoms with Gasteiger partial charge in [0.2, 0.25) is 0 Å². The van der Waals surface area contributed by atoms with Crippen molar-refractivity contribution < 1.29 is 14.2 Å². The van der Waals surface area contributed by atoms with Gasteiger partial charge >= 0.3 is 0 Å². The lowest BCUT2D eigenvalue weighted by Crippen LogP contribution is -2.44. The van der Waals surface area contributed by atoms with Crippen LogP contribution in [0.5, 0.6) is 11.5 Å². The third-order valence-corrected chi connectivity index (χ3v) is 3.89. The number of halogens is 2. The second-order valence-electron chi connectivity index (χ2n) is 4.11. The third-order valence-electron chi connectivity index (χ3n) is 3.12. The molecule has 3 nitrogen and oxygen atoms in total.